The van der Waals surface area contributed by atoms with Crippen LogP contribution in [0.15, 0.2) is 84.9 Å². The van der Waals surface area contributed by atoms with Gasteiger partial charge in [-0.2, -0.15) is 0 Å². The van der Waals surface area contributed by atoms with Crippen molar-refractivity contribution in [2.75, 3.05) is 17.7 Å². The van der Waals surface area contributed by atoms with Gasteiger partial charge < -0.3 is 9.30 Å². The van der Waals surface area contributed by atoms with Crippen LogP contribution >= 0.6 is 0 Å². The van der Waals surface area contributed by atoms with Crippen LogP contribution in [0.5, 0.6) is 0 Å². The SMILES string of the molecule is COC(=O)c1ccc(-c2ccccc2-n2c(C)cc(C(=O)N(c3ccccc3)S(C)(=O)=O)c2C)cc1. The van der Waals surface area contributed by atoms with Gasteiger partial charge in [0.1, 0.15) is 0 Å². The molecular weight excluding hydrogens is 476 g/mol. The van der Waals surface area contributed by atoms with E-state index in [0.29, 0.717) is 11.3 Å². The predicted octanol–water partition coefficient (Wildman–Crippen LogP) is 5.15. The Balaban J connectivity index is 1.81. The first-order chi connectivity index (χ1) is 17.1. The Labute approximate surface area is 210 Å². The number of aryl methyl sites for hydroxylation is 1. The molecule has 0 fully saturated rings. The molecule has 4 aromatic rings. The zero-order chi connectivity index (χ0) is 26.0. The van der Waals surface area contributed by atoms with E-state index < -0.39 is 21.9 Å². The summed E-state index contributed by atoms with van der Waals surface area (Å²) in [5.41, 5.74) is 4.98. The van der Waals surface area contributed by atoms with Crippen molar-refractivity contribution in [2.24, 2.45) is 0 Å². The van der Waals surface area contributed by atoms with Gasteiger partial charge in [-0.15, -0.1) is 0 Å². The molecule has 0 spiro atoms. The minimum atomic E-state index is -3.88. The predicted molar refractivity (Wildman–Crippen MR) is 140 cm³/mol. The number of aromatic nitrogens is 1. The highest BCUT2D eigenvalue weighted by molar-refractivity contribution is 7.92. The second kappa shape index (κ2) is 9.83. The smallest absolute Gasteiger partial charge is 0.337 e. The Kier molecular flexibility index (Phi) is 6.81. The summed E-state index contributed by atoms with van der Waals surface area (Å²) in [5, 5.41) is 0. The van der Waals surface area contributed by atoms with Crippen LogP contribution in [0.4, 0.5) is 5.69 Å². The average molecular weight is 503 g/mol. The molecule has 4 rings (SSSR count). The van der Waals surface area contributed by atoms with E-state index in [9.17, 15) is 18.0 Å². The van der Waals surface area contributed by atoms with E-state index in [2.05, 4.69) is 0 Å². The number of amides is 1. The van der Waals surface area contributed by atoms with E-state index in [-0.39, 0.29) is 11.3 Å². The van der Waals surface area contributed by atoms with Gasteiger partial charge in [0.2, 0.25) is 10.0 Å². The Morgan fingerprint density at radius 2 is 1.47 bits per heavy atom. The van der Waals surface area contributed by atoms with Crippen LogP contribution in [0.3, 0.4) is 0 Å². The molecule has 0 aliphatic heterocycles. The quantitative estimate of drug-likeness (QED) is 0.340. The minimum absolute atomic E-state index is 0.279. The molecular formula is C28H26N2O5S. The van der Waals surface area contributed by atoms with Crippen LogP contribution in [0, 0.1) is 13.8 Å². The van der Waals surface area contributed by atoms with Crippen LogP contribution < -0.4 is 4.31 Å². The van der Waals surface area contributed by atoms with Crippen LogP contribution in [0.2, 0.25) is 0 Å². The summed E-state index contributed by atoms with van der Waals surface area (Å²) in [6.07, 6.45) is 1.02. The molecule has 0 saturated heterocycles. The van der Waals surface area contributed by atoms with E-state index >= 15 is 0 Å². The van der Waals surface area contributed by atoms with Gasteiger partial charge in [-0.1, -0.05) is 48.5 Å². The molecule has 0 N–H and O–H groups in total. The molecule has 184 valence electrons. The molecule has 1 heterocycles. The number of nitrogens with zero attached hydrogens (tertiary/aromatic N) is 2. The van der Waals surface area contributed by atoms with E-state index in [0.717, 1.165) is 33.1 Å². The highest BCUT2D eigenvalue weighted by Gasteiger charge is 2.29. The lowest BCUT2D eigenvalue weighted by Gasteiger charge is -2.21. The number of para-hydroxylation sites is 2. The summed E-state index contributed by atoms with van der Waals surface area (Å²) in [6, 6.07) is 24.8. The van der Waals surface area contributed by atoms with Crippen LogP contribution in [0.1, 0.15) is 32.1 Å². The molecule has 7 nitrogen and oxygen atoms in total. The number of sulfonamides is 1. The number of rotatable bonds is 6. The Morgan fingerprint density at radius 3 is 2.08 bits per heavy atom. The number of anilines is 1. The number of benzene rings is 3. The normalized spacial score (nSPS) is 11.2. The molecule has 1 aromatic heterocycles. The van der Waals surface area contributed by atoms with Crippen molar-refractivity contribution < 1.29 is 22.7 Å². The van der Waals surface area contributed by atoms with Crippen LogP contribution in [-0.4, -0.2) is 38.2 Å². The second-order valence-corrected chi connectivity index (χ2v) is 10.2. The lowest BCUT2D eigenvalue weighted by Crippen LogP contribution is -2.36. The van der Waals surface area contributed by atoms with E-state index in [1.54, 1.807) is 55.5 Å². The molecule has 0 saturated carbocycles. The highest BCUT2D eigenvalue weighted by atomic mass is 32.2. The fourth-order valence-electron chi connectivity index (χ4n) is 4.30. The number of carbonyl (C=O) groups is 2. The van der Waals surface area contributed by atoms with Gasteiger partial charge in [0.05, 0.1) is 35.9 Å². The van der Waals surface area contributed by atoms with Gasteiger partial charge in [0.25, 0.3) is 5.91 Å². The van der Waals surface area contributed by atoms with Crippen molar-refractivity contribution >= 4 is 27.6 Å². The van der Waals surface area contributed by atoms with Gasteiger partial charge in [-0.05, 0) is 55.8 Å². The lowest BCUT2D eigenvalue weighted by molar-refractivity contribution is 0.0600. The van der Waals surface area contributed by atoms with Crippen molar-refractivity contribution in [3.05, 3.63) is 107 Å². The van der Waals surface area contributed by atoms with Crippen molar-refractivity contribution in [3.63, 3.8) is 0 Å². The zero-order valence-electron chi connectivity index (χ0n) is 20.4. The number of ether oxygens (including phenoxy) is 1. The fraction of sp³-hybridized carbons (Fsp3) is 0.143. The Hall–Kier alpha value is -4.17. The first-order valence-corrected chi connectivity index (χ1v) is 13.0. The van der Waals surface area contributed by atoms with Gasteiger partial charge in [0.15, 0.2) is 0 Å². The molecule has 3 aromatic carbocycles. The molecule has 36 heavy (non-hydrogen) atoms. The molecule has 0 unspecified atom stereocenters. The van der Waals surface area contributed by atoms with Gasteiger partial charge in [-0.25, -0.2) is 17.5 Å². The minimum Gasteiger partial charge on any atom is -0.465 e. The summed E-state index contributed by atoms with van der Waals surface area (Å²) in [6.45, 7) is 3.66. The number of hydrogen-bond donors (Lipinski definition) is 0. The van der Waals surface area contributed by atoms with Gasteiger partial charge in [0, 0.05) is 17.0 Å². The largest absolute Gasteiger partial charge is 0.465 e. The molecule has 0 bridgehead atoms. The van der Waals surface area contributed by atoms with Crippen molar-refractivity contribution in [1.82, 2.24) is 4.57 Å². The maximum absolute atomic E-state index is 13.6. The molecule has 8 heteroatoms. The maximum atomic E-state index is 13.6. The maximum Gasteiger partial charge on any atom is 0.337 e. The van der Waals surface area contributed by atoms with Crippen molar-refractivity contribution in [1.29, 1.82) is 0 Å². The van der Waals surface area contributed by atoms with E-state index in [4.69, 9.17) is 4.74 Å². The second-order valence-electron chi connectivity index (χ2n) is 8.37. The third-order valence-electron chi connectivity index (χ3n) is 5.93. The molecule has 0 aliphatic rings. The summed E-state index contributed by atoms with van der Waals surface area (Å²) in [5.74, 6) is -1.04. The molecule has 0 radical (unpaired) electrons. The number of hydrogen-bond acceptors (Lipinski definition) is 5. The molecule has 1 amide bonds. The van der Waals surface area contributed by atoms with Crippen LogP contribution in [0.25, 0.3) is 16.8 Å². The van der Waals surface area contributed by atoms with Crippen molar-refractivity contribution in [2.45, 2.75) is 13.8 Å². The average Bonchev–Trinajstić information content (AvgIpc) is 3.17. The molecule has 0 aliphatic carbocycles. The number of esters is 1. The van der Waals surface area contributed by atoms with E-state index in [1.807, 2.05) is 47.9 Å². The zero-order valence-corrected chi connectivity index (χ0v) is 21.2. The van der Waals surface area contributed by atoms with E-state index in [1.165, 1.54) is 7.11 Å². The topological polar surface area (TPSA) is 85.7 Å². The van der Waals surface area contributed by atoms with Crippen molar-refractivity contribution in [3.8, 4) is 16.8 Å². The highest BCUT2D eigenvalue weighted by Crippen LogP contribution is 2.32. The molecule has 0 atom stereocenters. The summed E-state index contributed by atoms with van der Waals surface area (Å²) < 4.78 is 32.8. The number of methoxy groups -OCH3 is 1. The standard InChI is InChI=1S/C28H26N2O5S/c1-19-18-25(27(31)30(36(4,33)34)23-10-6-5-7-11-23)20(2)29(19)26-13-9-8-12-24(26)21-14-16-22(17-15-21)28(32)35-3/h5-18H,1-4H3. The van der Waals surface area contributed by atoms with Gasteiger partial charge in [-0.3, -0.25) is 4.79 Å². The summed E-state index contributed by atoms with van der Waals surface area (Å²) in [4.78, 5) is 25.4. The summed E-state index contributed by atoms with van der Waals surface area (Å²) in [7, 11) is -2.54. The lowest BCUT2D eigenvalue weighted by atomic mass is 10.0. The first-order valence-electron chi connectivity index (χ1n) is 11.2. The monoisotopic (exact) mass is 502 g/mol. The Bertz CT molecular complexity index is 1540. The van der Waals surface area contributed by atoms with Crippen LogP contribution in [-0.2, 0) is 14.8 Å². The summed E-state index contributed by atoms with van der Waals surface area (Å²) >= 11 is 0. The van der Waals surface area contributed by atoms with Gasteiger partial charge >= 0.3 is 5.97 Å². The third-order valence-corrected chi connectivity index (χ3v) is 6.97. The fourth-order valence-corrected chi connectivity index (χ4v) is 5.20. The third kappa shape index (κ3) is 4.67. The Morgan fingerprint density at radius 1 is 0.861 bits per heavy atom. The number of carbonyl (C=O) groups excluding carboxylic acids is 2. The first kappa shape index (κ1) is 24.9.